The fourth-order valence-electron chi connectivity index (χ4n) is 2.43. The van der Waals surface area contributed by atoms with Crippen LogP contribution >= 0.6 is 23.8 Å². The Balaban J connectivity index is 1.98. The molecule has 0 unspecified atom stereocenters. The Morgan fingerprint density at radius 1 is 1.00 bits per heavy atom. The summed E-state index contributed by atoms with van der Waals surface area (Å²) in [6.07, 6.45) is 9.24. The van der Waals surface area contributed by atoms with Gasteiger partial charge in [0.15, 0.2) is 4.45 Å². The van der Waals surface area contributed by atoms with Crippen LogP contribution in [0, 0.1) is 0 Å². The van der Waals surface area contributed by atoms with Crippen molar-refractivity contribution in [3.05, 3.63) is 0 Å². The van der Waals surface area contributed by atoms with Gasteiger partial charge in [-0.1, -0.05) is 24.4 Å². The summed E-state index contributed by atoms with van der Waals surface area (Å²) >= 11 is 11.1. The van der Waals surface area contributed by atoms with Crippen molar-refractivity contribution in [2.45, 2.75) is 57.0 Å². The molecule has 0 aromatic heterocycles. The van der Waals surface area contributed by atoms with Gasteiger partial charge in [-0.25, -0.2) is 0 Å². The van der Waals surface area contributed by atoms with Crippen molar-refractivity contribution in [2.24, 2.45) is 0 Å². The number of rotatable bonds is 2. The van der Waals surface area contributed by atoms with Gasteiger partial charge in [0.1, 0.15) is 0 Å². The highest BCUT2D eigenvalue weighted by Gasteiger charge is 2.32. The van der Waals surface area contributed by atoms with E-state index >= 15 is 0 Å². The Morgan fingerprint density at radius 2 is 1.46 bits per heavy atom. The third kappa shape index (κ3) is 1.99. The molecule has 0 aliphatic heterocycles. The van der Waals surface area contributed by atoms with Gasteiger partial charge >= 0.3 is 0 Å². The third-order valence-electron chi connectivity index (χ3n) is 3.39. The molecule has 0 aromatic carbocycles. The fraction of sp³-hybridized carbons (Fsp3) is 0.900. The monoisotopic (exact) mass is 217 g/mol. The molecular weight excluding hydrogens is 202 g/mol. The first kappa shape index (κ1) is 9.72. The van der Waals surface area contributed by atoms with Crippen molar-refractivity contribution >= 4 is 28.3 Å². The highest BCUT2D eigenvalue weighted by Crippen LogP contribution is 2.33. The Bertz CT molecular complexity index is 197. The van der Waals surface area contributed by atoms with E-state index in [0.29, 0.717) is 16.5 Å². The van der Waals surface area contributed by atoms with Crippen molar-refractivity contribution in [3.63, 3.8) is 0 Å². The first-order valence-corrected chi connectivity index (χ1v) is 6.05. The van der Waals surface area contributed by atoms with Gasteiger partial charge in [-0.3, -0.25) is 0 Å². The average Bonchev–Trinajstić information content (AvgIpc) is 2.46. The molecule has 0 radical (unpaired) electrons. The van der Waals surface area contributed by atoms with Gasteiger partial charge in [0.2, 0.25) is 0 Å². The molecule has 0 saturated heterocycles. The van der Waals surface area contributed by atoms with Gasteiger partial charge in [0.05, 0.1) is 0 Å². The summed E-state index contributed by atoms with van der Waals surface area (Å²) in [5.41, 5.74) is 0. The molecule has 3 heteroatoms. The Kier molecular flexibility index (Phi) is 3.10. The van der Waals surface area contributed by atoms with Crippen molar-refractivity contribution in [2.75, 3.05) is 0 Å². The molecule has 0 N–H and O–H groups in total. The van der Waals surface area contributed by atoms with Gasteiger partial charge in [-0.15, -0.1) is 0 Å². The molecule has 2 rings (SSSR count). The summed E-state index contributed by atoms with van der Waals surface area (Å²) in [5.74, 6) is 0. The van der Waals surface area contributed by atoms with Crippen LogP contribution in [-0.4, -0.2) is 21.4 Å². The maximum Gasteiger partial charge on any atom is 0.170 e. The molecule has 2 fully saturated rings. The molecule has 2 aliphatic rings. The molecule has 0 aromatic rings. The van der Waals surface area contributed by atoms with Crippen molar-refractivity contribution in [1.82, 2.24) is 4.90 Å². The van der Waals surface area contributed by atoms with Gasteiger partial charge < -0.3 is 4.90 Å². The number of nitrogens with zero attached hydrogens (tertiary/aromatic N) is 1. The van der Waals surface area contributed by atoms with E-state index in [2.05, 4.69) is 4.90 Å². The molecule has 74 valence electrons. The quantitative estimate of drug-likeness (QED) is 0.397. The topological polar surface area (TPSA) is 3.24 Å². The van der Waals surface area contributed by atoms with Crippen LogP contribution in [-0.2, 0) is 0 Å². The number of thiocarbonyl (C=S) groups is 1. The Morgan fingerprint density at radius 3 is 1.77 bits per heavy atom. The molecule has 0 spiro atoms. The summed E-state index contributed by atoms with van der Waals surface area (Å²) in [7, 11) is 0. The zero-order valence-corrected chi connectivity index (χ0v) is 9.41. The maximum absolute atomic E-state index is 5.99. The number of hydrogen-bond acceptors (Lipinski definition) is 1. The third-order valence-corrected chi connectivity index (χ3v) is 3.80. The lowest BCUT2D eigenvalue weighted by Gasteiger charge is -2.41. The summed E-state index contributed by atoms with van der Waals surface area (Å²) in [4.78, 5) is 2.31. The van der Waals surface area contributed by atoms with Crippen LogP contribution in [0.4, 0.5) is 0 Å². The van der Waals surface area contributed by atoms with Crippen LogP contribution in [0.1, 0.15) is 44.9 Å². The molecule has 0 heterocycles. The van der Waals surface area contributed by atoms with Crippen molar-refractivity contribution in [3.8, 4) is 0 Å². The lowest BCUT2D eigenvalue weighted by atomic mass is 9.90. The highest BCUT2D eigenvalue weighted by atomic mass is 35.5. The Hall–Kier alpha value is 0.180. The van der Waals surface area contributed by atoms with Gasteiger partial charge in [0, 0.05) is 12.1 Å². The average molecular weight is 218 g/mol. The van der Waals surface area contributed by atoms with Crippen molar-refractivity contribution in [1.29, 1.82) is 0 Å². The van der Waals surface area contributed by atoms with Crippen LogP contribution in [0.2, 0.25) is 0 Å². The summed E-state index contributed by atoms with van der Waals surface area (Å²) in [6, 6.07) is 1.34. The lowest BCUT2D eigenvalue weighted by Crippen LogP contribution is -2.46. The van der Waals surface area contributed by atoms with E-state index in [1.165, 1.54) is 44.9 Å². The van der Waals surface area contributed by atoms with Crippen molar-refractivity contribution < 1.29 is 0 Å². The second-order valence-electron chi connectivity index (χ2n) is 4.18. The van der Waals surface area contributed by atoms with E-state index in [-0.39, 0.29) is 0 Å². The minimum absolute atomic E-state index is 0.608. The van der Waals surface area contributed by atoms with Crippen LogP contribution in [0.5, 0.6) is 0 Å². The minimum Gasteiger partial charge on any atom is -0.347 e. The summed E-state index contributed by atoms with van der Waals surface area (Å²) < 4.78 is 0.608. The van der Waals surface area contributed by atoms with E-state index in [0.717, 1.165) is 0 Å². The number of hydrogen-bond donors (Lipinski definition) is 0. The Labute approximate surface area is 90.4 Å². The second-order valence-corrected chi connectivity index (χ2v) is 5.15. The first-order valence-electron chi connectivity index (χ1n) is 5.27. The smallest absolute Gasteiger partial charge is 0.170 e. The second kappa shape index (κ2) is 4.14. The molecule has 0 atom stereocenters. The van der Waals surface area contributed by atoms with E-state index in [9.17, 15) is 0 Å². The molecule has 1 nitrogen and oxygen atoms in total. The standard InChI is InChI=1S/C10H16ClNS/c11-10(13)12(9-6-3-7-9)8-4-1-2-5-8/h8-9H,1-7H2. The maximum atomic E-state index is 5.99. The van der Waals surface area contributed by atoms with Crippen LogP contribution in [0.3, 0.4) is 0 Å². The van der Waals surface area contributed by atoms with Gasteiger partial charge in [-0.05, 0) is 44.3 Å². The normalized spacial score (nSPS) is 24.4. The van der Waals surface area contributed by atoms with Gasteiger partial charge in [-0.2, -0.15) is 0 Å². The molecule has 0 amide bonds. The predicted octanol–water partition coefficient (Wildman–Crippen LogP) is 3.31. The SMILES string of the molecule is S=C(Cl)N(C1CCCC1)C1CCC1. The van der Waals surface area contributed by atoms with Crippen LogP contribution in [0.15, 0.2) is 0 Å². The largest absolute Gasteiger partial charge is 0.347 e. The van der Waals surface area contributed by atoms with E-state index in [1.54, 1.807) is 0 Å². The summed E-state index contributed by atoms with van der Waals surface area (Å²) in [5, 5.41) is 0. The van der Waals surface area contributed by atoms with Crippen LogP contribution in [0.25, 0.3) is 0 Å². The minimum atomic E-state index is 0.608. The number of halogens is 1. The summed E-state index contributed by atoms with van der Waals surface area (Å²) in [6.45, 7) is 0. The predicted molar refractivity (Wildman–Crippen MR) is 60.2 cm³/mol. The molecule has 2 saturated carbocycles. The zero-order valence-electron chi connectivity index (χ0n) is 7.84. The molecule has 13 heavy (non-hydrogen) atoms. The van der Waals surface area contributed by atoms with E-state index < -0.39 is 0 Å². The van der Waals surface area contributed by atoms with E-state index in [4.69, 9.17) is 23.8 Å². The zero-order chi connectivity index (χ0) is 9.26. The fourth-order valence-corrected chi connectivity index (χ4v) is 3.01. The van der Waals surface area contributed by atoms with E-state index in [1.807, 2.05) is 0 Å². The highest BCUT2D eigenvalue weighted by molar-refractivity contribution is 7.83. The lowest BCUT2D eigenvalue weighted by molar-refractivity contribution is 0.168. The molecule has 2 aliphatic carbocycles. The molecular formula is C10H16ClNS. The van der Waals surface area contributed by atoms with Crippen LogP contribution < -0.4 is 0 Å². The first-order chi connectivity index (χ1) is 6.29. The van der Waals surface area contributed by atoms with Gasteiger partial charge in [0.25, 0.3) is 0 Å². The molecule has 0 bridgehead atoms.